The van der Waals surface area contributed by atoms with Gasteiger partial charge in [-0.3, -0.25) is 0 Å². The predicted molar refractivity (Wildman–Crippen MR) is 84.0 cm³/mol. The molecule has 2 N–H and O–H groups in total. The Morgan fingerprint density at radius 3 is 3.00 bits per heavy atom. The van der Waals surface area contributed by atoms with Crippen molar-refractivity contribution in [1.29, 1.82) is 0 Å². The third-order valence-corrected chi connectivity index (χ3v) is 4.05. The molecule has 4 nitrogen and oxygen atoms in total. The Labute approximate surface area is 120 Å². The average molecular weight is 270 g/mol. The van der Waals surface area contributed by atoms with E-state index in [1.165, 1.54) is 17.7 Å². The van der Waals surface area contributed by atoms with Crippen molar-refractivity contribution in [2.75, 3.05) is 24.2 Å². The van der Waals surface area contributed by atoms with E-state index in [4.69, 9.17) is 5.73 Å². The third-order valence-electron chi connectivity index (χ3n) is 4.05. The molecule has 20 heavy (non-hydrogen) atoms. The molecule has 0 unspecified atom stereocenters. The monoisotopic (exact) mass is 270 g/mol. The van der Waals surface area contributed by atoms with E-state index < -0.39 is 0 Å². The maximum atomic E-state index is 6.21. The van der Waals surface area contributed by atoms with Crippen LogP contribution < -0.4 is 10.6 Å². The maximum Gasteiger partial charge on any atom is 0.131 e. The molecule has 1 aliphatic heterocycles. The van der Waals surface area contributed by atoms with Gasteiger partial charge in [-0.25, -0.2) is 4.98 Å². The summed E-state index contributed by atoms with van der Waals surface area (Å²) < 4.78 is 2.03. The molecule has 2 aromatic rings. The van der Waals surface area contributed by atoms with Gasteiger partial charge in [-0.15, -0.1) is 0 Å². The minimum absolute atomic E-state index is 0.774. The number of aryl methyl sites for hydroxylation is 2. The second-order valence-corrected chi connectivity index (χ2v) is 5.54. The number of nitrogens with zero attached hydrogens (tertiary/aromatic N) is 3. The highest BCUT2D eigenvalue weighted by molar-refractivity contribution is 5.74. The summed E-state index contributed by atoms with van der Waals surface area (Å²) in [5.74, 6) is 0.774. The molecule has 1 aromatic heterocycles. The van der Waals surface area contributed by atoms with Crippen LogP contribution in [0.15, 0.2) is 24.5 Å². The number of benzene rings is 1. The molecule has 1 aromatic carbocycles. The molecule has 4 heteroatoms. The number of hydrogen-bond acceptors (Lipinski definition) is 3. The lowest BCUT2D eigenvalue weighted by Crippen LogP contribution is -2.24. The molecule has 0 atom stereocenters. The molecular formula is C16H22N4. The molecule has 0 aliphatic carbocycles. The SMILES string of the molecule is CCCn1cnc(-c2ccc3c(c2)CCCN3C)c1N. The van der Waals surface area contributed by atoms with Crippen molar-refractivity contribution in [3.05, 3.63) is 30.1 Å². The summed E-state index contributed by atoms with van der Waals surface area (Å²) in [5, 5.41) is 0. The Kier molecular flexibility index (Phi) is 3.38. The number of imidazole rings is 1. The Morgan fingerprint density at radius 1 is 1.35 bits per heavy atom. The minimum Gasteiger partial charge on any atom is -0.383 e. The van der Waals surface area contributed by atoms with Crippen LogP contribution in [0.4, 0.5) is 11.5 Å². The van der Waals surface area contributed by atoms with Crippen LogP contribution in [0.1, 0.15) is 25.3 Å². The normalized spacial score (nSPS) is 14.4. The number of nitrogen functional groups attached to an aromatic ring is 1. The van der Waals surface area contributed by atoms with E-state index in [0.717, 1.165) is 43.0 Å². The molecule has 0 amide bonds. The summed E-state index contributed by atoms with van der Waals surface area (Å²) in [6.07, 6.45) is 5.27. The van der Waals surface area contributed by atoms with Crippen LogP contribution in [0.5, 0.6) is 0 Å². The van der Waals surface area contributed by atoms with Gasteiger partial charge in [-0.05, 0) is 37.0 Å². The summed E-state index contributed by atoms with van der Waals surface area (Å²) in [5.41, 5.74) is 11.0. The summed E-state index contributed by atoms with van der Waals surface area (Å²) >= 11 is 0. The first-order chi connectivity index (χ1) is 9.70. The zero-order valence-electron chi connectivity index (χ0n) is 12.3. The highest BCUT2D eigenvalue weighted by atomic mass is 15.1. The van der Waals surface area contributed by atoms with Gasteiger partial charge in [0.05, 0.1) is 6.33 Å². The first-order valence-electron chi connectivity index (χ1n) is 7.35. The Morgan fingerprint density at radius 2 is 2.20 bits per heavy atom. The standard InChI is InChI=1S/C16H22N4/c1-3-8-20-11-18-15(16(20)17)13-6-7-14-12(10-13)5-4-9-19(14)2/h6-7,10-11H,3-5,8-9,17H2,1-2H3. The van der Waals surface area contributed by atoms with Gasteiger partial charge in [0.1, 0.15) is 11.5 Å². The first-order valence-corrected chi connectivity index (χ1v) is 7.35. The van der Waals surface area contributed by atoms with Crippen LogP contribution in [-0.2, 0) is 13.0 Å². The van der Waals surface area contributed by atoms with Gasteiger partial charge in [-0.1, -0.05) is 13.0 Å². The quantitative estimate of drug-likeness (QED) is 0.933. The van der Waals surface area contributed by atoms with E-state index in [-0.39, 0.29) is 0 Å². The predicted octanol–water partition coefficient (Wildman–Crippen LogP) is 2.92. The molecular weight excluding hydrogens is 248 g/mol. The summed E-state index contributed by atoms with van der Waals surface area (Å²) in [4.78, 5) is 6.82. The zero-order valence-corrected chi connectivity index (χ0v) is 12.3. The molecule has 0 radical (unpaired) electrons. The summed E-state index contributed by atoms with van der Waals surface area (Å²) in [6, 6.07) is 6.58. The molecule has 0 spiro atoms. The number of anilines is 2. The van der Waals surface area contributed by atoms with Crippen LogP contribution in [-0.4, -0.2) is 23.1 Å². The van der Waals surface area contributed by atoms with Gasteiger partial charge in [0.25, 0.3) is 0 Å². The van der Waals surface area contributed by atoms with E-state index in [1.54, 1.807) is 0 Å². The molecule has 0 saturated heterocycles. The summed E-state index contributed by atoms with van der Waals surface area (Å²) in [6.45, 7) is 4.21. The van der Waals surface area contributed by atoms with Crippen molar-refractivity contribution in [1.82, 2.24) is 9.55 Å². The highest BCUT2D eigenvalue weighted by Crippen LogP contribution is 2.32. The van der Waals surface area contributed by atoms with Crippen molar-refractivity contribution in [2.45, 2.75) is 32.7 Å². The molecule has 106 valence electrons. The number of aromatic nitrogens is 2. The topological polar surface area (TPSA) is 47.1 Å². The molecule has 3 rings (SSSR count). The number of hydrogen-bond donors (Lipinski definition) is 1. The first kappa shape index (κ1) is 13.0. The van der Waals surface area contributed by atoms with Crippen LogP contribution >= 0.6 is 0 Å². The van der Waals surface area contributed by atoms with Gasteiger partial charge in [0.15, 0.2) is 0 Å². The fourth-order valence-electron chi connectivity index (χ4n) is 2.97. The molecule has 0 saturated carbocycles. The van der Waals surface area contributed by atoms with E-state index >= 15 is 0 Å². The van der Waals surface area contributed by atoms with Gasteiger partial charge in [0.2, 0.25) is 0 Å². The van der Waals surface area contributed by atoms with E-state index in [9.17, 15) is 0 Å². The van der Waals surface area contributed by atoms with Crippen molar-refractivity contribution in [3.8, 4) is 11.3 Å². The molecule has 0 fully saturated rings. The molecule has 1 aliphatic rings. The lowest BCUT2D eigenvalue weighted by atomic mass is 9.98. The van der Waals surface area contributed by atoms with Crippen molar-refractivity contribution < 1.29 is 0 Å². The van der Waals surface area contributed by atoms with Crippen molar-refractivity contribution in [3.63, 3.8) is 0 Å². The van der Waals surface area contributed by atoms with E-state index in [0.29, 0.717) is 0 Å². The molecule has 2 heterocycles. The fourth-order valence-corrected chi connectivity index (χ4v) is 2.97. The summed E-state index contributed by atoms with van der Waals surface area (Å²) in [7, 11) is 2.15. The number of nitrogens with two attached hydrogens (primary N) is 1. The largest absolute Gasteiger partial charge is 0.383 e. The van der Waals surface area contributed by atoms with E-state index in [2.05, 4.69) is 42.1 Å². The van der Waals surface area contributed by atoms with Crippen LogP contribution in [0, 0.1) is 0 Å². The van der Waals surface area contributed by atoms with Gasteiger partial charge >= 0.3 is 0 Å². The Hall–Kier alpha value is -1.97. The minimum atomic E-state index is 0.774. The maximum absolute atomic E-state index is 6.21. The zero-order chi connectivity index (χ0) is 14.1. The van der Waals surface area contributed by atoms with Gasteiger partial charge in [-0.2, -0.15) is 0 Å². The number of rotatable bonds is 3. The fraction of sp³-hybridized carbons (Fsp3) is 0.438. The third kappa shape index (κ3) is 2.15. The second kappa shape index (κ2) is 5.19. The Bertz CT molecular complexity index is 615. The van der Waals surface area contributed by atoms with Crippen LogP contribution in [0.25, 0.3) is 11.3 Å². The van der Waals surface area contributed by atoms with Gasteiger partial charge < -0.3 is 15.2 Å². The lowest BCUT2D eigenvalue weighted by Gasteiger charge is -2.27. The van der Waals surface area contributed by atoms with Crippen molar-refractivity contribution >= 4 is 11.5 Å². The lowest BCUT2D eigenvalue weighted by molar-refractivity contribution is 0.686. The van der Waals surface area contributed by atoms with Crippen LogP contribution in [0.2, 0.25) is 0 Å². The van der Waals surface area contributed by atoms with Crippen LogP contribution in [0.3, 0.4) is 0 Å². The van der Waals surface area contributed by atoms with E-state index in [1.807, 2.05) is 10.9 Å². The highest BCUT2D eigenvalue weighted by Gasteiger charge is 2.16. The average Bonchev–Trinajstić information content (AvgIpc) is 2.81. The second-order valence-electron chi connectivity index (χ2n) is 5.54. The van der Waals surface area contributed by atoms with Crippen molar-refractivity contribution in [2.24, 2.45) is 0 Å². The smallest absolute Gasteiger partial charge is 0.131 e. The Balaban J connectivity index is 1.99. The molecule has 0 bridgehead atoms. The number of fused-ring (bicyclic) bond motifs is 1. The van der Waals surface area contributed by atoms with Gasteiger partial charge in [0, 0.05) is 31.4 Å².